The first-order chi connectivity index (χ1) is 9.19. The van der Waals surface area contributed by atoms with E-state index in [0.717, 1.165) is 11.3 Å². The van der Waals surface area contributed by atoms with Crippen molar-refractivity contribution in [3.8, 4) is 5.75 Å². The lowest BCUT2D eigenvalue weighted by Gasteiger charge is -2.05. The monoisotopic (exact) mass is 278 g/mol. The summed E-state index contributed by atoms with van der Waals surface area (Å²) in [6.45, 7) is 3.19. The normalized spacial score (nSPS) is 10.2. The van der Waals surface area contributed by atoms with Crippen molar-refractivity contribution >= 4 is 22.4 Å². The van der Waals surface area contributed by atoms with E-state index >= 15 is 0 Å². The number of anilines is 1. The third-order valence-corrected chi connectivity index (χ3v) is 3.20. The van der Waals surface area contributed by atoms with Crippen LogP contribution in [0.1, 0.15) is 23.0 Å². The summed E-state index contributed by atoms with van der Waals surface area (Å²) < 4.78 is 5.36. The molecule has 0 amide bonds. The zero-order valence-corrected chi connectivity index (χ0v) is 11.2. The second kappa shape index (κ2) is 6.19. The maximum absolute atomic E-state index is 10.7. The molecule has 0 spiro atoms. The van der Waals surface area contributed by atoms with Crippen LogP contribution in [-0.2, 0) is 6.54 Å². The molecule has 0 aliphatic rings. The van der Waals surface area contributed by atoms with Gasteiger partial charge in [0.05, 0.1) is 6.61 Å². The molecule has 0 bridgehead atoms. The second-order valence-electron chi connectivity index (χ2n) is 3.77. The molecule has 6 heteroatoms. The zero-order valence-electron chi connectivity index (χ0n) is 10.4. The molecular weight excluding hydrogens is 264 g/mol. The number of aromatic carboxylic acids is 1. The Kier molecular flexibility index (Phi) is 4.35. The lowest BCUT2D eigenvalue weighted by atomic mass is 10.2. The minimum Gasteiger partial charge on any atom is -0.494 e. The molecule has 1 heterocycles. The summed E-state index contributed by atoms with van der Waals surface area (Å²) in [6.07, 6.45) is 0. The molecule has 1 aromatic heterocycles. The van der Waals surface area contributed by atoms with E-state index in [1.54, 1.807) is 0 Å². The van der Waals surface area contributed by atoms with E-state index in [9.17, 15) is 4.79 Å². The highest BCUT2D eigenvalue weighted by molar-refractivity contribution is 7.13. The summed E-state index contributed by atoms with van der Waals surface area (Å²) in [5, 5.41) is 14.0. The van der Waals surface area contributed by atoms with Gasteiger partial charge in [0.1, 0.15) is 5.75 Å². The summed E-state index contributed by atoms with van der Waals surface area (Å²) in [7, 11) is 0. The summed E-state index contributed by atoms with van der Waals surface area (Å²) in [5.41, 5.74) is 1.15. The van der Waals surface area contributed by atoms with Gasteiger partial charge in [0, 0.05) is 11.9 Å². The van der Waals surface area contributed by atoms with Gasteiger partial charge < -0.3 is 15.2 Å². The smallest absolute Gasteiger partial charge is 0.355 e. The van der Waals surface area contributed by atoms with E-state index in [4.69, 9.17) is 9.84 Å². The van der Waals surface area contributed by atoms with Gasteiger partial charge in [-0.1, -0.05) is 12.1 Å². The predicted octanol–water partition coefficient (Wildman–Crippen LogP) is 2.85. The van der Waals surface area contributed by atoms with E-state index < -0.39 is 5.97 Å². The summed E-state index contributed by atoms with van der Waals surface area (Å²) in [5.74, 6) is -0.168. The van der Waals surface area contributed by atoms with Crippen LogP contribution in [0.5, 0.6) is 5.75 Å². The highest BCUT2D eigenvalue weighted by Crippen LogP contribution is 2.17. The van der Waals surface area contributed by atoms with Crippen molar-refractivity contribution in [1.29, 1.82) is 0 Å². The van der Waals surface area contributed by atoms with E-state index in [-0.39, 0.29) is 5.69 Å². The number of carboxylic acids is 1. The summed E-state index contributed by atoms with van der Waals surface area (Å²) in [6, 6.07) is 7.74. The van der Waals surface area contributed by atoms with Crippen molar-refractivity contribution in [1.82, 2.24) is 4.98 Å². The molecular formula is C13H14N2O3S. The first-order valence-electron chi connectivity index (χ1n) is 5.83. The molecule has 19 heavy (non-hydrogen) atoms. The number of nitrogens with zero attached hydrogens (tertiary/aromatic N) is 1. The van der Waals surface area contributed by atoms with Gasteiger partial charge in [-0.15, -0.1) is 11.3 Å². The lowest BCUT2D eigenvalue weighted by Crippen LogP contribution is -2.01. The van der Waals surface area contributed by atoms with Crippen LogP contribution in [0.2, 0.25) is 0 Å². The van der Waals surface area contributed by atoms with Gasteiger partial charge in [-0.25, -0.2) is 9.78 Å². The van der Waals surface area contributed by atoms with Gasteiger partial charge in [-0.2, -0.15) is 0 Å². The van der Waals surface area contributed by atoms with Crippen molar-refractivity contribution in [3.63, 3.8) is 0 Å². The molecule has 0 unspecified atom stereocenters. The molecule has 0 radical (unpaired) electrons. The number of hydrogen-bond donors (Lipinski definition) is 2. The van der Waals surface area contributed by atoms with Gasteiger partial charge in [0.15, 0.2) is 10.8 Å². The minimum absolute atomic E-state index is 0.0687. The predicted molar refractivity (Wildman–Crippen MR) is 74.0 cm³/mol. The largest absolute Gasteiger partial charge is 0.494 e. The Balaban J connectivity index is 1.92. The van der Waals surface area contributed by atoms with Crippen molar-refractivity contribution in [2.24, 2.45) is 0 Å². The maximum atomic E-state index is 10.7. The Morgan fingerprint density at radius 1 is 1.42 bits per heavy atom. The lowest BCUT2D eigenvalue weighted by molar-refractivity contribution is 0.0691. The van der Waals surface area contributed by atoms with Crippen LogP contribution in [0.4, 0.5) is 5.13 Å². The van der Waals surface area contributed by atoms with Crippen LogP contribution in [0.15, 0.2) is 29.6 Å². The third-order valence-electron chi connectivity index (χ3n) is 2.40. The minimum atomic E-state index is -1.01. The summed E-state index contributed by atoms with van der Waals surface area (Å²) in [4.78, 5) is 14.6. The molecule has 0 aliphatic heterocycles. The highest BCUT2D eigenvalue weighted by Gasteiger charge is 2.07. The molecule has 2 rings (SSSR count). The standard InChI is InChI=1S/C13H14N2O3S/c1-2-18-10-5-3-9(4-6-10)7-14-13-15-11(8-19-13)12(16)17/h3-6,8H,2,7H2,1H3,(H,14,15)(H,16,17). The third kappa shape index (κ3) is 3.69. The number of ether oxygens (including phenoxy) is 1. The average Bonchev–Trinajstić information content (AvgIpc) is 2.87. The van der Waals surface area contributed by atoms with Gasteiger partial charge in [-0.05, 0) is 24.6 Å². The van der Waals surface area contributed by atoms with Crippen molar-refractivity contribution in [3.05, 3.63) is 40.9 Å². The van der Waals surface area contributed by atoms with Crippen molar-refractivity contribution in [2.45, 2.75) is 13.5 Å². The van der Waals surface area contributed by atoms with Gasteiger partial charge in [0.25, 0.3) is 0 Å². The summed E-state index contributed by atoms with van der Waals surface area (Å²) >= 11 is 1.28. The number of carbonyl (C=O) groups is 1. The SMILES string of the molecule is CCOc1ccc(CNc2nc(C(=O)O)cs2)cc1. The number of carboxylic acid groups (broad SMARTS) is 1. The second-order valence-corrected chi connectivity index (χ2v) is 4.63. The Bertz CT molecular complexity index is 551. The fraction of sp³-hybridized carbons (Fsp3) is 0.231. The molecule has 0 saturated heterocycles. The molecule has 0 saturated carbocycles. The van der Waals surface area contributed by atoms with E-state index in [0.29, 0.717) is 18.3 Å². The fourth-order valence-electron chi connectivity index (χ4n) is 1.50. The van der Waals surface area contributed by atoms with E-state index in [1.165, 1.54) is 16.7 Å². The van der Waals surface area contributed by atoms with Crippen LogP contribution in [0, 0.1) is 0 Å². The van der Waals surface area contributed by atoms with Crippen molar-refractivity contribution < 1.29 is 14.6 Å². The van der Waals surface area contributed by atoms with Crippen LogP contribution >= 0.6 is 11.3 Å². The molecule has 100 valence electrons. The van der Waals surface area contributed by atoms with Crippen LogP contribution in [-0.4, -0.2) is 22.7 Å². The first-order valence-corrected chi connectivity index (χ1v) is 6.71. The number of aromatic nitrogens is 1. The quantitative estimate of drug-likeness (QED) is 0.850. The number of rotatable bonds is 6. The highest BCUT2D eigenvalue weighted by atomic mass is 32.1. The maximum Gasteiger partial charge on any atom is 0.355 e. The van der Waals surface area contributed by atoms with Gasteiger partial charge in [0.2, 0.25) is 0 Å². The van der Waals surface area contributed by atoms with Crippen LogP contribution < -0.4 is 10.1 Å². The zero-order chi connectivity index (χ0) is 13.7. The van der Waals surface area contributed by atoms with Gasteiger partial charge >= 0.3 is 5.97 Å². The van der Waals surface area contributed by atoms with Crippen LogP contribution in [0.3, 0.4) is 0 Å². The number of thiazole rings is 1. The number of hydrogen-bond acceptors (Lipinski definition) is 5. The molecule has 1 aromatic carbocycles. The molecule has 2 N–H and O–H groups in total. The molecule has 2 aromatic rings. The molecule has 0 atom stereocenters. The molecule has 0 aliphatic carbocycles. The Morgan fingerprint density at radius 3 is 2.74 bits per heavy atom. The number of nitrogens with one attached hydrogen (secondary N) is 1. The Hall–Kier alpha value is -2.08. The molecule has 0 fully saturated rings. The first kappa shape index (κ1) is 13.4. The Labute approximate surface area is 114 Å². The Morgan fingerprint density at radius 2 is 2.16 bits per heavy atom. The van der Waals surface area contributed by atoms with E-state index in [1.807, 2.05) is 31.2 Å². The molecule has 5 nitrogen and oxygen atoms in total. The van der Waals surface area contributed by atoms with E-state index in [2.05, 4.69) is 10.3 Å². The van der Waals surface area contributed by atoms with Crippen molar-refractivity contribution in [2.75, 3.05) is 11.9 Å². The topological polar surface area (TPSA) is 71.5 Å². The average molecular weight is 278 g/mol. The van der Waals surface area contributed by atoms with Gasteiger partial charge in [-0.3, -0.25) is 0 Å². The number of benzene rings is 1. The fourth-order valence-corrected chi connectivity index (χ4v) is 2.18. The van der Waals surface area contributed by atoms with Crippen LogP contribution in [0.25, 0.3) is 0 Å².